The highest BCUT2D eigenvalue weighted by Crippen LogP contribution is 2.20. The van der Waals surface area contributed by atoms with E-state index in [1.54, 1.807) is 29.3 Å². The number of nitrogens with one attached hydrogen (secondary N) is 1. The van der Waals surface area contributed by atoms with Crippen molar-refractivity contribution in [1.29, 1.82) is 0 Å². The quantitative estimate of drug-likeness (QED) is 0.0488. The van der Waals surface area contributed by atoms with Crippen molar-refractivity contribution >= 4 is 17.6 Å². The van der Waals surface area contributed by atoms with Gasteiger partial charge in [0.1, 0.15) is 12.1 Å². The summed E-state index contributed by atoms with van der Waals surface area (Å²) < 4.78 is 11.8. The van der Waals surface area contributed by atoms with Crippen molar-refractivity contribution in [3.05, 3.63) is 113 Å². The van der Waals surface area contributed by atoms with Gasteiger partial charge in [-0.1, -0.05) is 107 Å². The molecule has 0 radical (unpaired) electrons. The minimum atomic E-state index is -0.764. The normalized spacial score (nSPS) is 11.9. The first kappa shape index (κ1) is 33.4. The van der Waals surface area contributed by atoms with Gasteiger partial charge in [0.2, 0.25) is 0 Å². The molecule has 1 amide bonds. The molecule has 0 saturated heterocycles. The van der Waals surface area contributed by atoms with Gasteiger partial charge in [0.25, 0.3) is 5.91 Å². The maximum atomic E-state index is 13.6. The average molecular weight is 585 g/mol. The van der Waals surface area contributed by atoms with E-state index in [1.807, 2.05) is 94.4 Å². The highest BCUT2D eigenvalue weighted by Gasteiger charge is 2.40. The van der Waals surface area contributed by atoms with E-state index in [0.29, 0.717) is 38.0 Å². The second-order valence-electron chi connectivity index (χ2n) is 11.3. The summed E-state index contributed by atoms with van der Waals surface area (Å²) in [5.74, 6) is -0.891. The Morgan fingerprint density at radius 1 is 0.814 bits per heavy atom. The van der Waals surface area contributed by atoms with Crippen LogP contribution in [0.4, 0.5) is 0 Å². The molecule has 0 aliphatic rings. The van der Waals surface area contributed by atoms with E-state index in [0.717, 1.165) is 11.1 Å². The van der Waals surface area contributed by atoms with Crippen LogP contribution in [0.25, 0.3) is 5.53 Å². The molecular weight excluding hydrogens is 540 g/mol. The minimum absolute atomic E-state index is 0.0716. The Balaban J connectivity index is 1.84. The zero-order chi connectivity index (χ0) is 31.0. The topological polar surface area (TPSA) is 104 Å². The first-order valence-electron chi connectivity index (χ1n) is 15.0. The number of hydrogen-bond acceptors (Lipinski definition) is 5. The molecule has 0 aliphatic heterocycles. The Hall–Kier alpha value is -4.10. The highest BCUT2D eigenvalue weighted by atomic mass is 16.5. The lowest BCUT2D eigenvalue weighted by Gasteiger charge is -2.30. The third kappa shape index (κ3) is 10.9. The zero-order valence-electron chi connectivity index (χ0n) is 25.7. The van der Waals surface area contributed by atoms with Gasteiger partial charge < -0.3 is 15.0 Å². The molecule has 0 unspecified atom stereocenters. The number of hydrogen-bond donors (Lipinski definition) is 1. The number of hydrazine groups is 1. The molecule has 1 N–H and O–H groups in total. The molecule has 0 aliphatic carbocycles. The van der Waals surface area contributed by atoms with Crippen LogP contribution in [0.3, 0.4) is 0 Å². The lowest BCUT2D eigenvalue weighted by Crippen LogP contribution is -2.54. The predicted octanol–water partition coefficient (Wildman–Crippen LogP) is 6.48. The molecule has 0 saturated carbocycles. The van der Waals surface area contributed by atoms with E-state index in [2.05, 4.69) is 10.2 Å². The van der Waals surface area contributed by atoms with Crippen molar-refractivity contribution < 1.29 is 23.9 Å². The summed E-state index contributed by atoms with van der Waals surface area (Å²) in [7, 11) is 0. The summed E-state index contributed by atoms with van der Waals surface area (Å²) in [6.07, 6.45) is 1.41. The summed E-state index contributed by atoms with van der Waals surface area (Å²) >= 11 is 0. The maximum Gasteiger partial charge on any atom is 0.419 e. The minimum Gasteiger partial charge on any atom is -0.453 e. The Labute approximate surface area is 255 Å². The molecule has 3 aromatic carbocycles. The summed E-state index contributed by atoms with van der Waals surface area (Å²) in [4.78, 5) is 30.4. The SMILES string of the molecule is CC(C)C(OC(=O)C(=[N+]=[N-])[C@@H](CCCCOCc1ccccc1)N(Cc1ccccc1)NC(=O)c1ccccc1)C(C)C. The standard InChI is InChI=1S/C35H44N4O4/c1-26(2)33(27(3)4)43-35(41)32(37-36)31(22-14-15-23-42-25-29-18-10-6-11-19-29)39(24-28-16-8-5-9-17-28)38-34(40)30-20-12-7-13-21-30/h5-13,16-21,26-27,31,33H,14-15,22-25H2,1-4H3,(H,38,40)/t31-/m1/s1. The van der Waals surface area contributed by atoms with Gasteiger partial charge in [-0.15, -0.1) is 0 Å². The maximum absolute atomic E-state index is 13.6. The molecule has 8 heteroatoms. The molecule has 8 nitrogen and oxygen atoms in total. The number of carbonyl (C=O) groups is 2. The Bertz CT molecular complexity index is 1300. The van der Waals surface area contributed by atoms with Crippen LogP contribution in [-0.2, 0) is 27.4 Å². The highest BCUT2D eigenvalue weighted by molar-refractivity contribution is 6.36. The lowest BCUT2D eigenvalue weighted by atomic mass is 9.96. The Morgan fingerprint density at radius 2 is 1.37 bits per heavy atom. The van der Waals surface area contributed by atoms with Crippen LogP contribution in [0.5, 0.6) is 0 Å². The van der Waals surface area contributed by atoms with Gasteiger partial charge in [-0.3, -0.25) is 10.2 Å². The number of rotatable bonds is 17. The van der Waals surface area contributed by atoms with Crippen molar-refractivity contribution in [3.8, 4) is 0 Å². The molecule has 0 bridgehead atoms. The van der Waals surface area contributed by atoms with Crippen LogP contribution < -0.4 is 5.43 Å². The van der Waals surface area contributed by atoms with Crippen LogP contribution >= 0.6 is 0 Å². The Morgan fingerprint density at radius 3 is 1.93 bits per heavy atom. The van der Waals surface area contributed by atoms with Crippen LogP contribution in [0.2, 0.25) is 0 Å². The monoisotopic (exact) mass is 584 g/mol. The molecule has 0 spiro atoms. The molecular formula is C35H44N4O4. The predicted molar refractivity (Wildman–Crippen MR) is 168 cm³/mol. The number of esters is 1. The number of ether oxygens (including phenoxy) is 2. The molecule has 0 fully saturated rings. The molecule has 0 aromatic heterocycles. The van der Waals surface area contributed by atoms with Crippen molar-refractivity contribution in [2.45, 2.75) is 72.3 Å². The third-order valence-electron chi connectivity index (χ3n) is 7.17. The van der Waals surface area contributed by atoms with Gasteiger partial charge in [-0.05, 0) is 54.4 Å². The van der Waals surface area contributed by atoms with E-state index >= 15 is 0 Å². The van der Waals surface area contributed by atoms with Gasteiger partial charge in [0.15, 0.2) is 0 Å². The van der Waals surface area contributed by atoms with Crippen LogP contribution in [0.15, 0.2) is 91.0 Å². The largest absolute Gasteiger partial charge is 0.453 e. The summed E-state index contributed by atoms with van der Waals surface area (Å²) in [5, 5.41) is 1.67. The van der Waals surface area contributed by atoms with E-state index in [9.17, 15) is 15.1 Å². The van der Waals surface area contributed by atoms with E-state index in [4.69, 9.17) is 9.47 Å². The lowest BCUT2D eigenvalue weighted by molar-refractivity contribution is -0.151. The molecule has 1 atom stereocenters. The molecule has 3 rings (SSSR count). The van der Waals surface area contributed by atoms with Crippen molar-refractivity contribution in [3.63, 3.8) is 0 Å². The van der Waals surface area contributed by atoms with E-state index < -0.39 is 12.0 Å². The summed E-state index contributed by atoms with van der Waals surface area (Å²) in [6, 6.07) is 27.7. The van der Waals surface area contributed by atoms with Crippen molar-refractivity contribution in [2.75, 3.05) is 6.61 Å². The number of nitrogens with zero attached hydrogens (tertiary/aromatic N) is 3. The average Bonchev–Trinajstić information content (AvgIpc) is 3.01. The van der Waals surface area contributed by atoms with Crippen molar-refractivity contribution in [2.24, 2.45) is 11.8 Å². The summed E-state index contributed by atoms with van der Waals surface area (Å²) in [6.45, 7) is 9.27. The fourth-order valence-corrected chi connectivity index (χ4v) is 5.01. The zero-order valence-corrected chi connectivity index (χ0v) is 25.7. The van der Waals surface area contributed by atoms with Gasteiger partial charge in [0, 0.05) is 18.7 Å². The number of amides is 1. The molecule has 228 valence electrons. The van der Waals surface area contributed by atoms with Crippen molar-refractivity contribution in [1.82, 2.24) is 10.4 Å². The molecule has 3 aromatic rings. The number of unbranched alkanes of at least 4 members (excludes halogenated alkanes) is 1. The fourth-order valence-electron chi connectivity index (χ4n) is 5.01. The van der Waals surface area contributed by atoms with Crippen LogP contribution in [0.1, 0.15) is 68.4 Å². The Kier molecular flexibility index (Phi) is 13.8. The van der Waals surface area contributed by atoms with Crippen LogP contribution in [0, 0.1) is 11.8 Å². The van der Waals surface area contributed by atoms with Gasteiger partial charge in [0.05, 0.1) is 6.61 Å². The van der Waals surface area contributed by atoms with Gasteiger partial charge in [-0.2, -0.15) is 4.79 Å². The molecule has 43 heavy (non-hydrogen) atoms. The number of carbonyl (C=O) groups excluding carboxylic acids is 2. The second-order valence-corrected chi connectivity index (χ2v) is 11.3. The van der Waals surface area contributed by atoms with E-state index in [-0.39, 0.29) is 36.1 Å². The third-order valence-corrected chi connectivity index (χ3v) is 7.17. The first-order valence-corrected chi connectivity index (χ1v) is 15.0. The fraction of sp³-hybridized carbons (Fsp3) is 0.400. The number of benzene rings is 3. The molecule has 0 heterocycles. The smallest absolute Gasteiger partial charge is 0.419 e. The second kappa shape index (κ2) is 17.8. The first-order chi connectivity index (χ1) is 20.8. The summed E-state index contributed by atoms with van der Waals surface area (Å²) in [5.41, 5.74) is 15.5. The van der Waals surface area contributed by atoms with Gasteiger partial charge >= 0.3 is 11.7 Å². The van der Waals surface area contributed by atoms with E-state index in [1.165, 1.54) is 0 Å². The van der Waals surface area contributed by atoms with Crippen LogP contribution in [-0.4, -0.2) is 46.1 Å². The van der Waals surface area contributed by atoms with Gasteiger partial charge in [-0.25, -0.2) is 9.80 Å².